The van der Waals surface area contributed by atoms with Gasteiger partial charge in [-0.05, 0) is 49.6 Å². The van der Waals surface area contributed by atoms with Crippen LogP contribution in [0.1, 0.15) is 24.0 Å². The number of aromatic nitrogens is 2. The molecule has 2 heterocycles. The summed E-state index contributed by atoms with van der Waals surface area (Å²) >= 11 is 0. The number of rotatable bonds is 7. The minimum atomic E-state index is -3.49. The standard InChI is InChI=1S/C22H25N5O2S/c1-17-4-6-18(7-5-17)16-30(28,29)26-20-10-8-19(9-11-20)24-22-14-21(15-23-25-22)27-12-2-3-13-27/h4-11,14-15,26H,2-3,12-13,16H2,1H3,(H,24,25). The predicted molar refractivity (Wildman–Crippen MR) is 121 cm³/mol. The third-order valence-electron chi connectivity index (χ3n) is 5.02. The number of aryl methyl sites for hydroxylation is 1. The maximum atomic E-state index is 12.4. The van der Waals surface area contributed by atoms with Gasteiger partial charge in [0.2, 0.25) is 10.0 Å². The maximum absolute atomic E-state index is 12.4. The van der Waals surface area contributed by atoms with Crippen molar-refractivity contribution in [2.75, 3.05) is 28.0 Å². The van der Waals surface area contributed by atoms with Crippen molar-refractivity contribution in [2.45, 2.75) is 25.5 Å². The molecule has 0 atom stereocenters. The second kappa shape index (κ2) is 8.71. The van der Waals surface area contributed by atoms with Crippen LogP contribution in [0.25, 0.3) is 0 Å². The van der Waals surface area contributed by atoms with Gasteiger partial charge in [0, 0.05) is 30.5 Å². The van der Waals surface area contributed by atoms with E-state index in [2.05, 4.69) is 25.1 Å². The molecular weight excluding hydrogens is 398 g/mol. The van der Waals surface area contributed by atoms with E-state index in [9.17, 15) is 8.42 Å². The Kier molecular flexibility index (Phi) is 5.85. The number of nitrogens with zero attached hydrogens (tertiary/aromatic N) is 3. The van der Waals surface area contributed by atoms with Crippen LogP contribution in [0.4, 0.5) is 22.9 Å². The molecule has 0 radical (unpaired) electrons. The maximum Gasteiger partial charge on any atom is 0.236 e. The Morgan fingerprint density at radius 2 is 1.63 bits per heavy atom. The predicted octanol–water partition coefficient (Wildman–Crippen LogP) is 4.07. The van der Waals surface area contributed by atoms with Crippen LogP contribution in [-0.2, 0) is 15.8 Å². The van der Waals surface area contributed by atoms with Crippen molar-refractivity contribution in [3.05, 3.63) is 71.9 Å². The molecule has 1 aromatic heterocycles. The van der Waals surface area contributed by atoms with Gasteiger partial charge in [-0.3, -0.25) is 4.72 Å². The summed E-state index contributed by atoms with van der Waals surface area (Å²) in [6.07, 6.45) is 4.18. The van der Waals surface area contributed by atoms with Crippen molar-refractivity contribution in [3.8, 4) is 0 Å². The molecule has 1 saturated heterocycles. The molecule has 8 heteroatoms. The molecule has 3 aromatic rings. The normalized spacial score (nSPS) is 14.0. The molecule has 0 bridgehead atoms. The minimum Gasteiger partial charge on any atom is -0.370 e. The first-order valence-corrected chi connectivity index (χ1v) is 11.6. The zero-order chi connectivity index (χ0) is 21.0. The molecule has 0 aliphatic carbocycles. The quantitative estimate of drug-likeness (QED) is 0.596. The highest BCUT2D eigenvalue weighted by Gasteiger charge is 2.14. The summed E-state index contributed by atoms with van der Waals surface area (Å²) in [5.74, 6) is 0.596. The Bertz CT molecular complexity index is 1090. The number of benzene rings is 2. The molecule has 156 valence electrons. The zero-order valence-electron chi connectivity index (χ0n) is 16.9. The number of hydrogen-bond donors (Lipinski definition) is 2. The van der Waals surface area contributed by atoms with Gasteiger partial charge in [0.15, 0.2) is 5.82 Å². The van der Waals surface area contributed by atoms with E-state index in [1.807, 2.05) is 49.4 Å². The topological polar surface area (TPSA) is 87.2 Å². The molecule has 7 nitrogen and oxygen atoms in total. The molecule has 1 aliphatic heterocycles. The van der Waals surface area contributed by atoms with Gasteiger partial charge in [0.25, 0.3) is 0 Å². The lowest BCUT2D eigenvalue weighted by molar-refractivity contribution is 0.600. The average molecular weight is 424 g/mol. The molecular formula is C22H25N5O2S. The summed E-state index contributed by atoms with van der Waals surface area (Å²) < 4.78 is 27.5. The molecule has 2 N–H and O–H groups in total. The monoisotopic (exact) mass is 423 g/mol. The summed E-state index contributed by atoms with van der Waals surface area (Å²) in [6, 6.07) is 16.6. The molecule has 4 rings (SSSR count). The summed E-state index contributed by atoms with van der Waals surface area (Å²) in [6.45, 7) is 4.06. The Morgan fingerprint density at radius 3 is 2.33 bits per heavy atom. The van der Waals surface area contributed by atoms with Gasteiger partial charge in [-0.1, -0.05) is 29.8 Å². The number of hydrogen-bond acceptors (Lipinski definition) is 6. The molecule has 30 heavy (non-hydrogen) atoms. The number of sulfonamides is 1. The summed E-state index contributed by atoms with van der Waals surface area (Å²) in [5.41, 5.74) is 4.24. The van der Waals surface area contributed by atoms with Crippen LogP contribution in [0.5, 0.6) is 0 Å². The largest absolute Gasteiger partial charge is 0.370 e. The fourth-order valence-corrected chi connectivity index (χ4v) is 4.65. The van der Waals surface area contributed by atoms with E-state index in [1.54, 1.807) is 18.3 Å². The second-order valence-corrected chi connectivity index (χ2v) is 9.26. The van der Waals surface area contributed by atoms with Crippen molar-refractivity contribution in [1.82, 2.24) is 10.2 Å². The van der Waals surface area contributed by atoms with Crippen molar-refractivity contribution in [3.63, 3.8) is 0 Å². The van der Waals surface area contributed by atoms with Gasteiger partial charge in [0.05, 0.1) is 17.6 Å². The van der Waals surface area contributed by atoms with Crippen LogP contribution >= 0.6 is 0 Å². The van der Waals surface area contributed by atoms with E-state index in [-0.39, 0.29) is 5.75 Å². The first-order chi connectivity index (χ1) is 14.5. The first kappa shape index (κ1) is 20.2. The third kappa shape index (κ3) is 5.27. The SMILES string of the molecule is Cc1ccc(CS(=O)(=O)Nc2ccc(Nc3cc(N4CCCC4)cnn3)cc2)cc1. The van der Waals surface area contributed by atoms with Crippen LogP contribution in [0.15, 0.2) is 60.8 Å². The molecule has 1 fully saturated rings. The van der Waals surface area contributed by atoms with Crippen LogP contribution in [0.2, 0.25) is 0 Å². The van der Waals surface area contributed by atoms with Gasteiger partial charge in [-0.15, -0.1) is 5.10 Å². The highest BCUT2D eigenvalue weighted by atomic mass is 32.2. The Morgan fingerprint density at radius 1 is 0.967 bits per heavy atom. The number of nitrogens with one attached hydrogen (secondary N) is 2. The smallest absolute Gasteiger partial charge is 0.236 e. The summed E-state index contributed by atoms with van der Waals surface area (Å²) in [7, 11) is -3.49. The highest BCUT2D eigenvalue weighted by molar-refractivity contribution is 7.91. The fraction of sp³-hybridized carbons (Fsp3) is 0.273. The van der Waals surface area contributed by atoms with E-state index in [4.69, 9.17) is 0 Å². The van der Waals surface area contributed by atoms with Gasteiger partial charge in [-0.2, -0.15) is 5.10 Å². The van der Waals surface area contributed by atoms with Crippen LogP contribution in [0.3, 0.4) is 0 Å². The van der Waals surface area contributed by atoms with E-state index in [0.29, 0.717) is 11.5 Å². The van der Waals surface area contributed by atoms with E-state index < -0.39 is 10.0 Å². The van der Waals surface area contributed by atoms with Gasteiger partial charge < -0.3 is 10.2 Å². The zero-order valence-corrected chi connectivity index (χ0v) is 17.7. The van der Waals surface area contributed by atoms with E-state index in [0.717, 1.165) is 35.6 Å². The van der Waals surface area contributed by atoms with E-state index in [1.165, 1.54) is 12.8 Å². The van der Waals surface area contributed by atoms with Crippen molar-refractivity contribution < 1.29 is 8.42 Å². The Hall–Kier alpha value is -3.13. The van der Waals surface area contributed by atoms with Crippen LogP contribution < -0.4 is 14.9 Å². The summed E-state index contributed by atoms with van der Waals surface area (Å²) in [4.78, 5) is 2.30. The first-order valence-electron chi connectivity index (χ1n) is 9.98. The van der Waals surface area contributed by atoms with Crippen molar-refractivity contribution in [1.29, 1.82) is 0 Å². The highest BCUT2D eigenvalue weighted by Crippen LogP contribution is 2.24. The fourth-order valence-electron chi connectivity index (χ4n) is 3.45. The molecule has 0 unspecified atom stereocenters. The molecule has 0 amide bonds. The lowest BCUT2D eigenvalue weighted by Crippen LogP contribution is -2.18. The lowest BCUT2D eigenvalue weighted by atomic mass is 10.2. The summed E-state index contributed by atoms with van der Waals surface area (Å²) in [5, 5.41) is 11.5. The average Bonchev–Trinajstić information content (AvgIpc) is 3.26. The van der Waals surface area contributed by atoms with Crippen molar-refractivity contribution >= 4 is 32.9 Å². The molecule has 1 aliphatic rings. The molecule has 0 saturated carbocycles. The third-order valence-corrected chi connectivity index (χ3v) is 6.28. The number of anilines is 4. The molecule has 2 aromatic carbocycles. The van der Waals surface area contributed by atoms with Gasteiger partial charge in [0.1, 0.15) is 0 Å². The van der Waals surface area contributed by atoms with Gasteiger partial charge >= 0.3 is 0 Å². The Balaban J connectivity index is 1.39. The Labute approximate surface area is 177 Å². The van der Waals surface area contributed by atoms with Crippen molar-refractivity contribution in [2.24, 2.45) is 0 Å². The van der Waals surface area contributed by atoms with Crippen LogP contribution in [0, 0.1) is 6.92 Å². The molecule has 0 spiro atoms. The van der Waals surface area contributed by atoms with Gasteiger partial charge in [-0.25, -0.2) is 8.42 Å². The lowest BCUT2D eigenvalue weighted by Gasteiger charge is -2.17. The minimum absolute atomic E-state index is 0.0633. The van der Waals surface area contributed by atoms with E-state index >= 15 is 0 Å². The van der Waals surface area contributed by atoms with Crippen LogP contribution in [-0.4, -0.2) is 31.7 Å². The second-order valence-electron chi connectivity index (χ2n) is 7.54.